The molecule has 0 radical (unpaired) electrons. The normalized spacial score (nSPS) is 39.8. The minimum absolute atomic E-state index is 0.341. The monoisotopic (exact) mass is 237 g/mol. The summed E-state index contributed by atoms with van der Waals surface area (Å²) < 4.78 is 5.47. The Morgan fingerprint density at radius 1 is 1.29 bits per heavy atom. The van der Waals surface area contributed by atoms with Crippen LogP contribution in [0.4, 0.5) is 0 Å². The number of nitrogens with zero attached hydrogens (tertiary/aromatic N) is 1. The molecule has 1 amide bonds. The lowest BCUT2D eigenvalue weighted by molar-refractivity contribution is -0.135. The van der Waals surface area contributed by atoms with E-state index in [9.17, 15) is 4.79 Å². The van der Waals surface area contributed by atoms with Crippen molar-refractivity contribution < 1.29 is 9.53 Å². The summed E-state index contributed by atoms with van der Waals surface area (Å²) in [5.74, 6) is 3.09. The minimum Gasteiger partial charge on any atom is -0.381 e. The molecule has 1 saturated heterocycles. The Morgan fingerprint density at radius 2 is 2.06 bits per heavy atom. The van der Waals surface area contributed by atoms with Crippen LogP contribution in [-0.4, -0.2) is 37.6 Å². The van der Waals surface area contributed by atoms with Gasteiger partial charge in [0.2, 0.25) is 5.91 Å². The predicted molar refractivity (Wildman–Crippen MR) is 65.5 cm³/mol. The smallest absolute Gasteiger partial charge is 0.225 e. The lowest BCUT2D eigenvalue weighted by atomic mass is 9.99. The molecule has 3 heteroatoms. The highest BCUT2D eigenvalue weighted by atomic mass is 16.5. The summed E-state index contributed by atoms with van der Waals surface area (Å²) in [6.45, 7) is 2.64. The number of rotatable bonds is 3. The molecule has 1 aliphatic heterocycles. The maximum Gasteiger partial charge on any atom is 0.225 e. The summed E-state index contributed by atoms with van der Waals surface area (Å²) in [5.41, 5.74) is 0. The Bertz CT molecular complexity index is 289. The molecule has 0 aromatic carbocycles. The molecule has 3 nitrogen and oxygen atoms in total. The fraction of sp³-hybridized carbons (Fsp3) is 0.929. The maximum atomic E-state index is 12.3. The van der Waals surface area contributed by atoms with Crippen molar-refractivity contribution >= 4 is 5.91 Å². The van der Waals surface area contributed by atoms with Crippen molar-refractivity contribution in [2.24, 2.45) is 23.7 Å². The summed E-state index contributed by atoms with van der Waals surface area (Å²) in [6.07, 6.45) is 6.09. The van der Waals surface area contributed by atoms with Crippen molar-refractivity contribution in [2.75, 3.05) is 26.8 Å². The highest BCUT2D eigenvalue weighted by Crippen LogP contribution is 2.54. The van der Waals surface area contributed by atoms with Gasteiger partial charge in [0.1, 0.15) is 0 Å². The Morgan fingerprint density at radius 3 is 2.71 bits per heavy atom. The van der Waals surface area contributed by atoms with Crippen molar-refractivity contribution in [3.8, 4) is 0 Å². The van der Waals surface area contributed by atoms with E-state index >= 15 is 0 Å². The molecule has 1 heterocycles. The van der Waals surface area contributed by atoms with Gasteiger partial charge in [0.05, 0.1) is 6.61 Å². The molecule has 2 saturated carbocycles. The zero-order chi connectivity index (χ0) is 11.8. The lowest BCUT2D eigenvalue weighted by Gasteiger charge is -2.29. The largest absolute Gasteiger partial charge is 0.381 e. The Hall–Kier alpha value is -0.570. The van der Waals surface area contributed by atoms with Gasteiger partial charge in [-0.15, -0.1) is 0 Å². The van der Waals surface area contributed by atoms with Gasteiger partial charge >= 0.3 is 0 Å². The van der Waals surface area contributed by atoms with Crippen molar-refractivity contribution in [3.05, 3.63) is 0 Å². The highest BCUT2D eigenvalue weighted by Gasteiger charge is 2.48. The van der Waals surface area contributed by atoms with Crippen LogP contribution in [0.3, 0.4) is 0 Å². The van der Waals surface area contributed by atoms with E-state index in [2.05, 4.69) is 0 Å². The van der Waals surface area contributed by atoms with Gasteiger partial charge in [-0.1, -0.05) is 0 Å². The topological polar surface area (TPSA) is 29.5 Å². The van der Waals surface area contributed by atoms with Crippen molar-refractivity contribution in [3.63, 3.8) is 0 Å². The number of carbonyl (C=O) groups excluding carboxylic acids is 1. The first-order valence-corrected chi connectivity index (χ1v) is 7.06. The Balaban J connectivity index is 1.47. The molecule has 3 fully saturated rings. The molecule has 96 valence electrons. The molecule has 0 aromatic rings. The van der Waals surface area contributed by atoms with Gasteiger partial charge in [-0.25, -0.2) is 0 Å². The van der Waals surface area contributed by atoms with Gasteiger partial charge in [0.15, 0.2) is 0 Å². The van der Waals surface area contributed by atoms with Crippen LogP contribution < -0.4 is 0 Å². The molecule has 3 unspecified atom stereocenters. The van der Waals surface area contributed by atoms with E-state index in [-0.39, 0.29) is 0 Å². The van der Waals surface area contributed by atoms with E-state index in [4.69, 9.17) is 4.74 Å². The standard InChI is InChI=1S/C14H23NO2/c1-15(8-10-3-2-4-17-9-10)14(16)13-6-11-5-12(11)7-13/h10-13H,2-9H2,1H3. The third-order valence-electron chi connectivity index (χ3n) is 4.76. The summed E-state index contributed by atoms with van der Waals surface area (Å²) in [4.78, 5) is 14.2. The number of ether oxygens (including phenoxy) is 1. The van der Waals surface area contributed by atoms with Gasteiger partial charge in [-0.05, 0) is 49.9 Å². The van der Waals surface area contributed by atoms with Crippen LogP contribution >= 0.6 is 0 Å². The van der Waals surface area contributed by atoms with E-state index in [0.717, 1.165) is 50.9 Å². The number of amides is 1. The molecule has 3 atom stereocenters. The van der Waals surface area contributed by atoms with E-state index in [1.807, 2.05) is 11.9 Å². The molecule has 2 aliphatic carbocycles. The summed E-state index contributed by atoms with van der Waals surface area (Å²) in [5, 5.41) is 0. The van der Waals surface area contributed by atoms with Crippen LogP contribution in [0.1, 0.15) is 32.1 Å². The van der Waals surface area contributed by atoms with Crippen LogP contribution in [0.2, 0.25) is 0 Å². The fourth-order valence-electron chi connectivity index (χ4n) is 3.66. The third-order valence-corrected chi connectivity index (χ3v) is 4.76. The fourth-order valence-corrected chi connectivity index (χ4v) is 3.66. The summed E-state index contributed by atoms with van der Waals surface area (Å²) in [6, 6.07) is 0. The number of carbonyl (C=O) groups is 1. The van der Waals surface area contributed by atoms with E-state index < -0.39 is 0 Å². The van der Waals surface area contributed by atoms with Crippen molar-refractivity contribution in [1.82, 2.24) is 4.90 Å². The Kier molecular flexibility index (Phi) is 3.12. The van der Waals surface area contributed by atoms with Crippen LogP contribution in [0.25, 0.3) is 0 Å². The molecule has 0 N–H and O–H groups in total. The second kappa shape index (κ2) is 4.60. The molecule has 0 aromatic heterocycles. The van der Waals surface area contributed by atoms with Crippen LogP contribution in [0, 0.1) is 23.7 Å². The molecule has 17 heavy (non-hydrogen) atoms. The zero-order valence-corrected chi connectivity index (χ0v) is 10.7. The van der Waals surface area contributed by atoms with Crippen LogP contribution in [-0.2, 0) is 9.53 Å². The molecule has 0 bridgehead atoms. The van der Waals surface area contributed by atoms with Gasteiger partial charge < -0.3 is 9.64 Å². The van der Waals surface area contributed by atoms with Gasteiger partial charge in [-0.2, -0.15) is 0 Å². The lowest BCUT2D eigenvalue weighted by Crippen LogP contribution is -2.38. The highest BCUT2D eigenvalue weighted by molar-refractivity contribution is 5.79. The van der Waals surface area contributed by atoms with Gasteiger partial charge in [-0.3, -0.25) is 4.79 Å². The second-order valence-electron chi connectivity index (χ2n) is 6.23. The quantitative estimate of drug-likeness (QED) is 0.750. The summed E-state index contributed by atoms with van der Waals surface area (Å²) >= 11 is 0. The molecule has 3 aliphatic rings. The zero-order valence-electron chi connectivity index (χ0n) is 10.7. The summed E-state index contributed by atoms with van der Waals surface area (Å²) in [7, 11) is 1.97. The predicted octanol–water partition coefficient (Wildman–Crippen LogP) is 1.92. The number of fused-ring (bicyclic) bond motifs is 1. The Labute approximate surface area is 104 Å². The van der Waals surface area contributed by atoms with Crippen LogP contribution in [0.5, 0.6) is 0 Å². The van der Waals surface area contributed by atoms with Crippen LogP contribution in [0.15, 0.2) is 0 Å². The molecular formula is C14H23NO2. The number of hydrogen-bond donors (Lipinski definition) is 0. The van der Waals surface area contributed by atoms with Crippen molar-refractivity contribution in [1.29, 1.82) is 0 Å². The van der Waals surface area contributed by atoms with Gasteiger partial charge in [0, 0.05) is 26.1 Å². The van der Waals surface area contributed by atoms with E-state index in [0.29, 0.717) is 17.7 Å². The first-order chi connectivity index (χ1) is 8.24. The average Bonchev–Trinajstić information content (AvgIpc) is 2.96. The van der Waals surface area contributed by atoms with E-state index in [1.54, 1.807) is 0 Å². The molecule has 3 rings (SSSR count). The molecule has 0 spiro atoms. The SMILES string of the molecule is CN(CC1CCCOC1)C(=O)C1CC2CC2C1. The first-order valence-electron chi connectivity index (χ1n) is 7.06. The second-order valence-corrected chi connectivity index (χ2v) is 6.23. The first kappa shape index (κ1) is 11.5. The number of hydrogen-bond acceptors (Lipinski definition) is 2. The third kappa shape index (κ3) is 2.49. The van der Waals surface area contributed by atoms with Crippen molar-refractivity contribution in [2.45, 2.75) is 32.1 Å². The van der Waals surface area contributed by atoms with Gasteiger partial charge in [0.25, 0.3) is 0 Å². The average molecular weight is 237 g/mol. The van der Waals surface area contributed by atoms with E-state index in [1.165, 1.54) is 12.8 Å². The maximum absolute atomic E-state index is 12.3. The minimum atomic E-state index is 0.341. The molecular weight excluding hydrogens is 214 g/mol.